The summed E-state index contributed by atoms with van der Waals surface area (Å²) >= 11 is 0. The van der Waals surface area contributed by atoms with E-state index >= 15 is 0 Å². The van der Waals surface area contributed by atoms with Gasteiger partial charge in [-0.15, -0.1) is 0 Å². The van der Waals surface area contributed by atoms with E-state index in [1.165, 1.54) is 11.1 Å². The molecule has 0 bridgehead atoms. The summed E-state index contributed by atoms with van der Waals surface area (Å²) in [6, 6.07) is 14.1. The smallest absolute Gasteiger partial charge is 0.137 e. The predicted octanol–water partition coefficient (Wildman–Crippen LogP) is 3.85. The van der Waals surface area contributed by atoms with Gasteiger partial charge < -0.3 is 4.74 Å². The summed E-state index contributed by atoms with van der Waals surface area (Å²) in [7, 11) is 1.58. The van der Waals surface area contributed by atoms with Crippen LogP contribution in [0.25, 0.3) is 11.1 Å². The molecule has 0 aliphatic rings. The molecule has 0 aliphatic carbocycles. The van der Waals surface area contributed by atoms with Gasteiger partial charge in [0.15, 0.2) is 0 Å². The summed E-state index contributed by atoms with van der Waals surface area (Å²) in [4.78, 5) is 0. The van der Waals surface area contributed by atoms with Crippen LogP contribution >= 0.6 is 0 Å². The molecule has 0 aliphatic heterocycles. The standard InChI is InChI=1S/C16H15NO/c1-11-7-8-13(9-12(11)2)14-5-4-6-16(18-3)15(14)10-17/h4-9H,1-3H3. The maximum Gasteiger partial charge on any atom is 0.137 e. The highest BCUT2D eigenvalue weighted by Gasteiger charge is 2.10. The van der Waals surface area contributed by atoms with Crippen LogP contribution in [-0.2, 0) is 0 Å². The Bertz CT molecular complexity index is 623. The van der Waals surface area contributed by atoms with Crippen LogP contribution < -0.4 is 4.74 Å². The van der Waals surface area contributed by atoms with Gasteiger partial charge in [-0.25, -0.2) is 0 Å². The Labute approximate surface area is 107 Å². The second-order valence-electron chi connectivity index (χ2n) is 4.29. The minimum atomic E-state index is 0.586. The largest absolute Gasteiger partial charge is 0.495 e. The van der Waals surface area contributed by atoms with Gasteiger partial charge in [0.1, 0.15) is 17.4 Å². The van der Waals surface area contributed by atoms with E-state index in [4.69, 9.17) is 4.74 Å². The minimum Gasteiger partial charge on any atom is -0.495 e. The highest BCUT2D eigenvalue weighted by Crippen LogP contribution is 2.30. The first-order chi connectivity index (χ1) is 8.67. The zero-order valence-electron chi connectivity index (χ0n) is 10.8. The van der Waals surface area contributed by atoms with Gasteiger partial charge >= 0.3 is 0 Å². The van der Waals surface area contributed by atoms with Crippen LogP contribution in [0.1, 0.15) is 16.7 Å². The van der Waals surface area contributed by atoms with Crippen LogP contribution in [0.15, 0.2) is 36.4 Å². The van der Waals surface area contributed by atoms with E-state index < -0.39 is 0 Å². The number of methoxy groups -OCH3 is 1. The van der Waals surface area contributed by atoms with E-state index in [2.05, 4.69) is 32.0 Å². The second kappa shape index (κ2) is 4.93. The normalized spacial score (nSPS) is 9.89. The molecule has 0 spiro atoms. The van der Waals surface area contributed by atoms with Crippen LogP contribution in [-0.4, -0.2) is 7.11 Å². The molecule has 0 unspecified atom stereocenters. The van der Waals surface area contributed by atoms with Crippen molar-refractivity contribution < 1.29 is 4.74 Å². The van der Waals surface area contributed by atoms with Crippen LogP contribution in [0.3, 0.4) is 0 Å². The van der Waals surface area contributed by atoms with Crippen LogP contribution in [0.5, 0.6) is 5.75 Å². The molecule has 2 aromatic rings. The molecule has 90 valence electrons. The number of benzene rings is 2. The number of ether oxygens (including phenoxy) is 1. The molecule has 2 rings (SSSR count). The molecule has 0 amide bonds. The fourth-order valence-electron chi connectivity index (χ4n) is 1.97. The third-order valence-electron chi connectivity index (χ3n) is 3.18. The summed E-state index contributed by atoms with van der Waals surface area (Å²) in [5.41, 5.74) is 5.02. The topological polar surface area (TPSA) is 33.0 Å². The second-order valence-corrected chi connectivity index (χ2v) is 4.29. The maximum absolute atomic E-state index is 9.29. The van der Waals surface area contributed by atoms with Crippen molar-refractivity contribution in [3.05, 3.63) is 53.1 Å². The SMILES string of the molecule is COc1cccc(-c2ccc(C)c(C)c2)c1C#N. The lowest BCUT2D eigenvalue weighted by molar-refractivity contribution is 0.413. The molecule has 0 fully saturated rings. The quantitative estimate of drug-likeness (QED) is 0.794. The van der Waals surface area contributed by atoms with Gasteiger partial charge in [-0.2, -0.15) is 5.26 Å². The molecule has 0 saturated carbocycles. The van der Waals surface area contributed by atoms with E-state index in [0.717, 1.165) is 11.1 Å². The van der Waals surface area contributed by atoms with Crippen LogP contribution in [0.2, 0.25) is 0 Å². The van der Waals surface area contributed by atoms with E-state index in [1.54, 1.807) is 7.11 Å². The monoisotopic (exact) mass is 237 g/mol. The van der Waals surface area contributed by atoms with Crippen LogP contribution in [0, 0.1) is 25.2 Å². The van der Waals surface area contributed by atoms with Crippen molar-refractivity contribution in [3.8, 4) is 22.9 Å². The van der Waals surface area contributed by atoms with Gasteiger partial charge in [0.2, 0.25) is 0 Å². The average molecular weight is 237 g/mol. The molecule has 2 heteroatoms. The summed E-state index contributed by atoms with van der Waals surface area (Å²) in [5.74, 6) is 0.619. The fourth-order valence-corrected chi connectivity index (χ4v) is 1.97. The molecule has 2 aromatic carbocycles. The summed E-state index contributed by atoms with van der Waals surface area (Å²) in [6.45, 7) is 4.15. The van der Waals surface area contributed by atoms with E-state index in [0.29, 0.717) is 11.3 Å². The number of hydrogen-bond acceptors (Lipinski definition) is 2. The van der Waals surface area contributed by atoms with Crippen molar-refractivity contribution in [2.75, 3.05) is 7.11 Å². The molecule has 0 radical (unpaired) electrons. The average Bonchev–Trinajstić information content (AvgIpc) is 2.40. The number of hydrogen-bond donors (Lipinski definition) is 0. The zero-order valence-corrected chi connectivity index (χ0v) is 10.8. The minimum absolute atomic E-state index is 0.586. The van der Waals surface area contributed by atoms with Gasteiger partial charge in [-0.3, -0.25) is 0 Å². The Hall–Kier alpha value is -2.27. The van der Waals surface area contributed by atoms with E-state index in [-0.39, 0.29) is 0 Å². The summed E-state index contributed by atoms with van der Waals surface area (Å²) < 4.78 is 5.23. The Morgan fingerprint density at radius 2 is 1.83 bits per heavy atom. The number of aryl methyl sites for hydroxylation is 2. The molecule has 0 N–H and O–H groups in total. The Morgan fingerprint density at radius 3 is 2.44 bits per heavy atom. The Balaban J connectivity index is 2.64. The fraction of sp³-hybridized carbons (Fsp3) is 0.188. The van der Waals surface area contributed by atoms with Gasteiger partial charge in [0.25, 0.3) is 0 Å². The van der Waals surface area contributed by atoms with Crippen molar-refractivity contribution >= 4 is 0 Å². The first-order valence-electron chi connectivity index (χ1n) is 5.82. The number of rotatable bonds is 2. The lowest BCUT2D eigenvalue weighted by atomic mass is 9.96. The van der Waals surface area contributed by atoms with Crippen molar-refractivity contribution in [1.29, 1.82) is 5.26 Å². The molecule has 2 nitrogen and oxygen atoms in total. The molecular weight excluding hydrogens is 222 g/mol. The highest BCUT2D eigenvalue weighted by molar-refractivity contribution is 5.74. The van der Waals surface area contributed by atoms with Crippen molar-refractivity contribution in [3.63, 3.8) is 0 Å². The van der Waals surface area contributed by atoms with Crippen molar-refractivity contribution in [2.45, 2.75) is 13.8 Å². The Kier molecular flexibility index (Phi) is 3.34. The first kappa shape index (κ1) is 12.2. The number of nitriles is 1. The van der Waals surface area contributed by atoms with E-state index in [1.807, 2.05) is 24.3 Å². The molecule has 0 aromatic heterocycles. The highest BCUT2D eigenvalue weighted by atomic mass is 16.5. The van der Waals surface area contributed by atoms with Crippen molar-refractivity contribution in [1.82, 2.24) is 0 Å². The zero-order chi connectivity index (χ0) is 13.1. The molecule has 0 atom stereocenters. The third kappa shape index (κ3) is 2.08. The lowest BCUT2D eigenvalue weighted by Crippen LogP contribution is -1.92. The number of nitrogens with zero attached hydrogens (tertiary/aromatic N) is 1. The maximum atomic E-state index is 9.29. The lowest BCUT2D eigenvalue weighted by Gasteiger charge is -2.10. The summed E-state index contributed by atoms with van der Waals surface area (Å²) in [5, 5.41) is 9.29. The van der Waals surface area contributed by atoms with Gasteiger partial charge in [-0.1, -0.05) is 30.3 Å². The molecular formula is C16H15NO. The molecule has 0 heterocycles. The molecule has 0 saturated heterocycles. The summed E-state index contributed by atoms with van der Waals surface area (Å²) in [6.07, 6.45) is 0. The van der Waals surface area contributed by atoms with Gasteiger partial charge in [-0.05, 0) is 36.6 Å². The predicted molar refractivity (Wildman–Crippen MR) is 72.6 cm³/mol. The van der Waals surface area contributed by atoms with Gasteiger partial charge in [0.05, 0.1) is 7.11 Å². The molecule has 18 heavy (non-hydrogen) atoms. The first-order valence-corrected chi connectivity index (χ1v) is 5.82. The third-order valence-corrected chi connectivity index (χ3v) is 3.18. The van der Waals surface area contributed by atoms with Crippen molar-refractivity contribution in [2.24, 2.45) is 0 Å². The van der Waals surface area contributed by atoms with Gasteiger partial charge in [0, 0.05) is 5.56 Å². The van der Waals surface area contributed by atoms with Crippen LogP contribution in [0.4, 0.5) is 0 Å². The Morgan fingerprint density at radius 1 is 1.06 bits per heavy atom. The van der Waals surface area contributed by atoms with E-state index in [9.17, 15) is 5.26 Å².